The van der Waals surface area contributed by atoms with Gasteiger partial charge in [-0.25, -0.2) is 0 Å². The van der Waals surface area contributed by atoms with Crippen molar-refractivity contribution >= 4 is 34.1 Å². The molecule has 30 heavy (non-hydrogen) atoms. The Balaban J connectivity index is 1.60. The molecule has 7 nitrogen and oxygen atoms in total. The average Bonchev–Trinajstić information content (AvgIpc) is 3.29. The summed E-state index contributed by atoms with van der Waals surface area (Å²) in [5.41, 5.74) is 1.92. The van der Waals surface area contributed by atoms with Crippen LogP contribution >= 0.6 is 0 Å². The maximum absolute atomic E-state index is 12.7. The molecule has 0 radical (unpaired) electrons. The van der Waals surface area contributed by atoms with Crippen LogP contribution in [0.3, 0.4) is 0 Å². The van der Waals surface area contributed by atoms with E-state index in [2.05, 4.69) is 10.5 Å². The van der Waals surface area contributed by atoms with Crippen molar-refractivity contribution in [1.82, 2.24) is 5.16 Å². The minimum Gasteiger partial charge on any atom is -0.363 e. The smallest absolute Gasteiger partial charge is 0.259 e. The zero-order chi connectivity index (χ0) is 21.5. The average molecular weight is 426 g/mol. The predicted octanol–water partition coefficient (Wildman–Crippen LogP) is 3.65. The molecule has 0 aliphatic heterocycles. The van der Waals surface area contributed by atoms with Gasteiger partial charge in [-0.2, -0.15) is 0 Å². The third-order valence-electron chi connectivity index (χ3n) is 4.49. The van der Waals surface area contributed by atoms with Crippen molar-refractivity contribution in [2.24, 2.45) is 0 Å². The molecule has 1 N–H and O–H groups in total. The quantitative estimate of drug-likeness (QED) is 0.595. The van der Waals surface area contributed by atoms with Crippen molar-refractivity contribution in [2.45, 2.75) is 25.2 Å². The molecular weight excluding hydrogens is 402 g/mol. The van der Waals surface area contributed by atoms with Crippen LogP contribution in [-0.4, -0.2) is 33.5 Å². The molecule has 2 amide bonds. The van der Waals surface area contributed by atoms with E-state index >= 15 is 0 Å². The second kappa shape index (κ2) is 9.98. The molecule has 8 heteroatoms. The zero-order valence-corrected chi connectivity index (χ0v) is 17.6. The van der Waals surface area contributed by atoms with E-state index in [9.17, 15) is 13.8 Å². The Morgan fingerprint density at radius 1 is 1.03 bits per heavy atom. The molecule has 1 heterocycles. The van der Waals surface area contributed by atoms with Gasteiger partial charge in [0.15, 0.2) is 5.82 Å². The summed E-state index contributed by atoms with van der Waals surface area (Å²) in [6.07, 6.45) is 1.62. The number of aromatic nitrogens is 1. The molecule has 3 aromatic rings. The molecule has 2 aromatic carbocycles. The molecule has 0 saturated heterocycles. The summed E-state index contributed by atoms with van der Waals surface area (Å²) in [7, 11) is -1.00. The van der Waals surface area contributed by atoms with E-state index in [-0.39, 0.29) is 18.2 Å². The summed E-state index contributed by atoms with van der Waals surface area (Å²) in [6, 6.07) is 15.5. The number of anilines is 2. The monoisotopic (exact) mass is 425 g/mol. The van der Waals surface area contributed by atoms with Crippen LogP contribution in [0.5, 0.6) is 0 Å². The van der Waals surface area contributed by atoms with E-state index in [0.29, 0.717) is 29.4 Å². The minimum absolute atomic E-state index is 0.170. The van der Waals surface area contributed by atoms with E-state index in [4.69, 9.17) is 4.52 Å². The lowest BCUT2D eigenvalue weighted by Crippen LogP contribution is -2.30. The van der Waals surface area contributed by atoms with Crippen LogP contribution in [0.2, 0.25) is 0 Å². The maximum atomic E-state index is 12.7. The summed E-state index contributed by atoms with van der Waals surface area (Å²) in [6.45, 7) is 4.17. The molecule has 1 atom stereocenters. The van der Waals surface area contributed by atoms with Crippen molar-refractivity contribution in [3.05, 3.63) is 72.0 Å². The van der Waals surface area contributed by atoms with Gasteiger partial charge in [-0.3, -0.25) is 18.7 Å². The highest BCUT2D eigenvalue weighted by Crippen LogP contribution is 2.17. The van der Waals surface area contributed by atoms with E-state index in [1.54, 1.807) is 42.5 Å². The SMILES string of the molecule is CCN(C(=O)c1ccc(NC(=O)Cc2ccc(S(=O)CC)cc2)cc1)c1ccon1. The third kappa shape index (κ3) is 5.21. The fraction of sp³-hybridized carbons (Fsp3) is 0.227. The number of carbonyl (C=O) groups excluding carboxylic acids is 2. The highest BCUT2D eigenvalue weighted by atomic mass is 32.2. The molecule has 0 aliphatic rings. The lowest BCUT2D eigenvalue weighted by Gasteiger charge is -2.17. The number of amides is 2. The normalized spacial score (nSPS) is 11.7. The Bertz CT molecular complexity index is 1020. The first-order valence-electron chi connectivity index (χ1n) is 9.61. The number of hydrogen-bond donors (Lipinski definition) is 1. The number of benzene rings is 2. The second-order valence-corrected chi connectivity index (χ2v) is 8.23. The summed E-state index contributed by atoms with van der Waals surface area (Å²) in [4.78, 5) is 27.3. The van der Waals surface area contributed by atoms with Gasteiger partial charge in [-0.15, -0.1) is 0 Å². The summed E-state index contributed by atoms with van der Waals surface area (Å²) < 4.78 is 16.6. The lowest BCUT2D eigenvalue weighted by atomic mass is 10.1. The van der Waals surface area contributed by atoms with Gasteiger partial charge < -0.3 is 9.84 Å². The van der Waals surface area contributed by atoms with Gasteiger partial charge in [0.25, 0.3) is 5.91 Å². The fourth-order valence-corrected chi connectivity index (χ4v) is 3.70. The van der Waals surface area contributed by atoms with Crippen LogP contribution in [-0.2, 0) is 22.0 Å². The molecule has 0 bridgehead atoms. The second-order valence-electron chi connectivity index (χ2n) is 6.49. The Kier molecular flexibility index (Phi) is 7.13. The van der Waals surface area contributed by atoms with Gasteiger partial charge in [-0.05, 0) is 48.9 Å². The Morgan fingerprint density at radius 2 is 1.73 bits per heavy atom. The Morgan fingerprint density at radius 3 is 2.30 bits per heavy atom. The largest absolute Gasteiger partial charge is 0.363 e. The molecule has 3 rings (SSSR count). The van der Waals surface area contributed by atoms with Crippen molar-refractivity contribution < 1.29 is 18.3 Å². The standard InChI is InChI=1S/C22H23N3O4S/c1-3-25(20-13-14-29-24-20)22(27)17-7-9-18(10-8-17)23-21(26)15-16-5-11-19(12-6-16)30(28)4-2/h5-14H,3-4,15H2,1-2H3,(H,23,26). The van der Waals surface area contributed by atoms with E-state index in [1.165, 1.54) is 11.2 Å². The van der Waals surface area contributed by atoms with Gasteiger partial charge in [-0.1, -0.05) is 24.2 Å². The highest BCUT2D eigenvalue weighted by molar-refractivity contribution is 7.85. The number of nitrogens with zero attached hydrogens (tertiary/aromatic N) is 2. The van der Waals surface area contributed by atoms with Crippen LogP contribution in [0.1, 0.15) is 29.8 Å². The fourth-order valence-electron chi connectivity index (χ4n) is 2.92. The van der Waals surface area contributed by atoms with Gasteiger partial charge in [0.2, 0.25) is 5.91 Å². The van der Waals surface area contributed by atoms with Gasteiger partial charge >= 0.3 is 0 Å². The van der Waals surface area contributed by atoms with E-state index < -0.39 is 10.8 Å². The van der Waals surface area contributed by atoms with Crippen molar-refractivity contribution in [3.8, 4) is 0 Å². The number of rotatable bonds is 8. The molecule has 0 spiro atoms. The first kappa shape index (κ1) is 21.4. The zero-order valence-electron chi connectivity index (χ0n) is 16.8. The number of carbonyl (C=O) groups is 2. The molecule has 1 aromatic heterocycles. The number of nitrogens with one attached hydrogen (secondary N) is 1. The third-order valence-corrected chi connectivity index (χ3v) is 5.81. The summed E-state index contributed by atoms with van der Waals surface area (Å²) in [5, 5.41) is 6.63. The summed E-state index contributed by atoms with van der Waals surface area (Å²) in [5.74, 6) is 0.645. The van der Waals surface area contributed by atoms with Crippen molar-refractivity contribution in [1.29, 1.82) is 0 Å². The predicted molar refractivity (Wildman–Crippen MR) is 116 cm³/mol. The van der Waals surface area contributed by atoms with E-state index in [1.807, 2.05) is 26.0 Å². The Hall–Kier alpha value is -3.26. The van der Waals surface area contributed by atoms with Gasteiger partial charge in [0, 0.05) is 34.5 Å². The van der Waals surface area contributed by atoms with Crippen LogP contribution in [0.15, 0.2) is 70.3 Å². The van der Waals surface area contributed by atoms with Crippen LogP contribution < -0.4 is 10.2 Å². The molecule has 0 saturated carbocycles. The summed E-state index contributed by atoms with van der Waals surface area (Å²) >= 11 is 0. The van der Waals surface area contributed by atoms with Gasteiger partial charge in [0.1, 0.15) is 6.26 Å². The molecule has 0 aliphatic carbocycles. The maximum Gasteiger partial charge on any atom is 0.259 e. The molecular formula is C22H23N3O4S. The minimum atomic E-state index is -1.00. The van der Waals surface area contributed by atoms with Crippen LogP contribution in [0, 0.1) is 0 Å². The molecule has 156 valence electrons. The Labute approximate surface area is 177 Å². The first-order valence-corrected chi connectivity index (χ1v) is 10.9. The highest BCUT2D eigenvalue weighted by Gasteiger charge is 2.18. The van der Waals surface area contributed by atoms with Crippen LogP contribution in [0.4, 0.5) is 11.5 Å². The van der Waals surface area contributed by atoms with Gasteiger partial charge in [0.05, 0.1) is 17.2 Å². The van der Waals surface area contributed by atoms with E-state index in [0.717, 1.165) is 10.5 Å². The number of hydrogen-bond acceptors (Lipinski definition) is 5. The molecule has 1 unspecified atom stereocenters. The van der Waals surface area contributed by atoms with Crippen molar-refractivity contribution in [3.63, 3.8) is 0 Å². The van der Waals surface area contributed by atoms with Crippen molar-refractivity contribution in [2.75, 3.05) is 22.5 Å². The van der Waals surface area contributed by atoms with Crippen LogP contribution in [0.25, 0.3) is 0 Å². The first-order chi connectivity index (χ1) is 14.5. The molecule has 0 fully saturated rings. The topological polar surface area (TPSA) is 92.5 Å². The lowest BCUT2D eigenvalue weighted by molar-refractivity contribution is -0.115.